The molecule has 5 heteroatoms. The van der Waals surface area contributed by atoms with Gasteiger partial charge >= 0.3 is 0 Å². The van der Waals surface area contributed by atoms with Gasteiger partial charge in [0.2, 0.25) is 0 Å². The number of benzene rings is 3. The van der Waals surface area contributed by atoms with Crippen molar-refractivity contribution in [1.82, 2.24) is 0 Å². The number of nitrogens with zero attached hydrogens (tertiary/aromatic N) is 1. The monoisotopic (exact) mass is 408 g/mol. The average Bonchev–Trinajstić information content (AvgIpc) is 2.75. The summed E-state index contributed by atoms with van der Waals surface area (Å²) in [6.45, 7) is 4.06. The number of para-hydroxylation sites is 1. The molecule has 0 fully saturated rings. The number of ether oxygens (including phenoxy) is 2. The highest BCUT2D eigenvalue weighted by atomic mass is 35.5. The van der Waals surface area contributed by atoms with Crippen LogP contribution in [0.25, 0.3) is 0 Å². The molecule has 4 nitrogen and oxygen atoms in total. The molecule has 1 N–H and O–H groups in total. The second kappa shape index (κ2) is 9.99. The predicted octanol–water partition coefficient (Wildman–Crippen LogP) is 7.02. The number of methoxy groups -OCH3 is 1. The van der Waals surface area contributed by atoms with E-state index in [1.54, 1.807) is 13.3 Å². The van der Waals surface area contributed by atoms with Gasteiger partial charge in [-0.25, -0.2) is 0 Å². The first-order valence-corrected chi connectivity index (χ1v) is 9.97. The normalized spacial score (nSPS) is 12.0. The topological polar surface area (TPSA) is 42.8 Å². The molecule has 150 valence electrons. The Morgan fingerprint density at radius 1 is 1.03 bits per heavy atom. The summed E-state index contributed by atoms with van der Waals surface area (Å²) in [5.74, 6) is 1.17. The lowest BCUT2D eigenvalue weighted by Crippen LogP contribution is -2.11. The molecule has 0 amide bonds. The van der Waals surface area contributed by atoms with E-state index in [2.05, 4.69) is 17.2 Å². The van der Waals surface area contributed by atoms with E-state index in [4.69, 9.17) is 21.1 Å². The Morgan fingerprint density at radius 2 is 1.72 bits per heavy atom. The zero-order valence-corrected chi connectivity index (χ0v) is 17.6. The molecule has 0 saturated carbocycles. The van der Waals surface area contributed by atoms with E-state index in [-0.39, 0.29) is 6.10 Å². The van der Waals surface area contributed by atoms with Crippen LogP contribution in [0.15, 0.2) is 71.7 Å². The summed E-state index contributed by atoms with van der Waals surface area (Å²) in [5.41, 5.74) is 3.74. The fraction of sp³-hybridized carbons (Fsp3) is 0.208. The van der Waals surface area contributed by atoms with Gasteiger partial charge in [-0.3, -0.25) is 4.99 Å². The van der Waals surface area contributed by atoms with Crippen molar-refractivity contribution in [2.45, 2.75) is 26.4 Å². The van der Waals surface area contributed by atoms with Gasteiger partial charge in [-0.15, -0.1) is 0 Å². The SMILES string of the molecule is CC[C@H](C)Oc1c(Cl)cc(C=Nc2ccc(Nc3ccccc3)cc2)cc1OC. The molecule has 0 aliphatic carbocycles. The zero-order chi connectivity index (χ0) is 20.6. The standard InChI is InChI=1S/C24H25ClN2O2/c1-4-17(2)29-24-22(25)14-18(15-23(24)28-3)16-26-19-10-12-21(13-11-19)27-20-8-6-5-7-9-20/h5-17,27H,4H2,1-3H3/t17-/m0/s1. The highest BCUT2D eigenvalue weighted by Gasteiger charge is 2.14. The summed E-state index contributed by atoms with van der Waals surface area (Å²) in [6, 6.07) is 21.7. The number of hydrogen-bond donors (Lipinski definition) is 1. The van der Waals surface area contributed by atoms with E-state index in [1.807, 2.05) is 73.7 Å². The Labute approximate surface area is 177 Å². The molecule has 0 radical (unpaired) electrons. The Balaban J connectivity index is 1.73. The van der Waals surface area contributed by atoms with Crippen LogP contribution in [-0.2, 0) is 0 Å². The van der Waals surface area contributed by atoms with Crippen molar-refractivity contribution in [2.75, 3.05) is 12.4 Å². The molecule has 3 rings (SSSR count). The minimum absolute atomic E-state index is 0.0592. The number of halogens is 1. The molecule has 0 saturated heterocycles. The van der Waals surface area contributed by atoms with Crippen LogP contribution in [0.1, 0.15) is 25.8 Å². The molecule has 3 aromatic carbocycles. The number of rotatable bonds is 8. The Bertz CT molecular complexity index is 957. The molecule has 0 aliphatic rings. The summed E-state index contributed by atoms with van der Waals surface area (Å²) in [6.07, 6.45) is 2.71. The molecule has 29 heavy (non-hydrogen) atoms. The van der Waals surface area contributed by atoms with Crippen molar-refractivity contribution in [2.24, 2.45) is 4.99 Å². The van der Waals surface area contributed by atoms with Gasteiger partial charge in [-0.05, 0) is 67.4 Å². The summed E-state index contributed by atoms with van der Waals surface area (Å²) in [5, 5.41) is 3.86. The molecule has 0 aromatic heterocycles. The second-order valence-electron chi connectivity index (χ2n) is 6.67. The molecule has 0 heterocycles. The number of nitrogens with one attached hydrogen (secondary N) is 1. The quantitative estimate of drug-likeness (QED) is 0.407. The summed E-state index contributed by atoms with van der Waals surface area (Å²) in [7, 11) is 1.61. The van der Waals surface area contributed by atoms with Crippen LogP contribution >= 0.6 is 11.6 Å². The zero-order valence-electron chi connectivity index (χ0n) is 16.9. The lowest BCUT2D eigenvalue weighted by Gasteiger charge is -2.17. The van der Waals surface area contributed by atoms with E-state index in [9.17, 15) is 0 Å². The van der Waals surface area contributed by atoms with E-state index < -0.39 is 0 Å². The van der Waals surface area contributed by atoms with Crippen LogP contribution in [0.2, 0.25) is 5.02 Å². The maximum Gasteiger partial charge on any atom is 0.180 e. The van der Waals surface area contributed by atoms with Crippen LogP contribution < -0.4 is 14.8 Å². The molecule has 3 aromatic rings. The fourth-order valence-corrected chi connectivity index (χ4v) is 2.94. The van der Waals surface area contributed by atoms with Gasteiger partial charge in [-0.1, -0.05) is 36.7 Å². The van der Waals surface area contributed by atoms with E-state index >= 15 is 0 Å². The van der Waals surface area contributed by atoms with Crippen LogP contribution in [0.5, 0.6) is 11.5 Å². The van der Waals surface area contributed by atoms with Gasteiger partial charge in [0.1, 0.15) is 0 Å². The lowest BCUT2D eigenvalue weighted by atomic mass is 10.2. The fourth-order valence-electron chi connectivity index (χ4n) is 2.68. The number of anilines is 2. The lowest BCUT2D eigenvalue weighted by molar-refractivity contribution is 0.208. The third kappa shape index (κ3) is 5.75. The first kappa shape index (κ1) is 20.7. The largest absolute Gasteiger partial charge is 0.493 e. The smallest absolute Gasteiger partial charge is 0.180 e. The van der Waals surface area contributed by atoms with Crippen LogP contribution in [-0.4, -0.2) is 19.4 Å². The molecule has 0 bridgehead atoms. The minimum Gasteiger partial charge on any atom is -0.493 e. The van der Waals surface area contributed by atoms with Crippen LogP contribution in [0, 0.1) is 0 Å². The van der Waals surface area contributed by atoms with Crippen LogP contribution in [0.4, 0.5) is 17.1 Å². The molecule has 0 spiro atoms. The van der Waals surface area contributed by atoms with Crippen LogP contribution in [0.3, 0.4) is 0 Å². The summed E-state index contributed by atoms with van der Waals surface area (Å²) >= 11 is 6.42. The molecule has 0 unspecified atom stereocenters. The Kier molecular flexibility index (Phi) is 7.14. The first-order valence-electron chi connectivity index (χ1n) is 9.59. The molecular weight excluding hydrogens is 384 g/mol. The average molecular weight is 409 g/mol. The minimum atomic E-state index is 0.0592. The van der Waals surface area contributed by atoms with Crippen molar-refractivity contribution in [3.63, 3.8) is 0 Å². The van der Waals surface area contributed by atoms with Crippen molar-refractivity contribution in [3.8, 4) is 11.5 Å². The van der Waals surface area contributed by atoms with Crippen molar-refractivity contribution >= 4 is 34.9 Å². The number of aliphatic imine (C=N–C) groups is 1. The second-order valence-corrected chi connectivity index (χ2v) is 7.07. The maximum absolute atomic E-state index is 6.42. The van der Waals surface area contributed by atoms with Gasteiger partial charge in [0.25, 0.3) is 0 Å². The highest BCUT2D eigenvalue weighted by molar-refractivity contribution is 6.32. The highest BCUT2D eigenvalue weighted by Crippen LogP contribution is 2.37. The van der Waals surface area contributed by atoms with Gasteiger partial charge in [-0.2, -0.15) is 0 Å². The molecule has 0 aliphatic heterocycles. The maximum atomic E-state index is 6.42. The van der Waals surface area contributed by atoms with E-state index in [0.717, 1.165) is 29.0 Å². The van der Waals surface area contributed by atoms with Crippen molar-refractivity contribution < 1.29 is 9.47 Å². The van der Waals surface area contributed by atoms with Crippen molar-refractivity contribution in [3.05, 3.63) is 77.3 Å². The first-order chi connectivity index (χ1) is 14.1. The van der Waals surface area contributed by atoms with Gasteiger partial charge < -0.3 is 14.8 Å². The van der Waals surface area contributed by atoms with E-state index in [0.29, 0.717) is 16.5 Å². The third-order valence-electron chi connectivity index (χ3n) is 4.44. The summed E-state index contributed by atoms with van der Waals surface area (Å²) < 4.78 is 11.3. The Hall–Kier alpha value is -2.98. The molecule has 1 atom stereocenters. The summed E-state index contributed by atoms with van der Waals surface area (Å²) in [4.78, 5) is 4.54. The van der Waals surface area contributed by atoms with E-state index in [1.165, 1.54) is 0 Å². The Morgan fingerprint density at radius 3 is 2.38 bits per heavy atom. The predicted molar refractivity (Wildman–Crippen MR) is 122 cm³/mol. The van der Waals surface area contributed by atoms with Gasteiger partial charge in [0, 0.05) is 17.6 Å². The van der Waals surface area contributed by atoms with Gasteiger partial charge in [0.05, 0.1) is 23.9 Å². The number of hydrogen-bond acceptors (Lipinski definition) is 4. The van der Waals surface area contributed by atoms with Crippen molar-refractivity contribution in [1.29, 1.82) is 0 Å². The van der Waals surface area contributed by atoms with Gasteiger partial charge in [0.15, 0.2) is 11.5 Å². The molecular formula is C24H25ClN2O2. The third-order valence-corrected chi connectivity index (χ3v) is 4.72.